The summed E-state index contributed by atoms with van der Waals surface area (Å²) < 4.78 is 44.3. The number of nitrogen functional groups attached to an aromatic ring is 1. The Labute approximate surface area is 155 Å². The SMILES string of the molecule is CC(C)(C)OC(=O)NCCCCNc1cc(C(=O)NN)ccc1C(F)(F)F. The molecule has 0 aliphatic rings. The number of halogens is 3. The van der Waals surface area contributed by atoms with E-state index in [4.69, 9.17) is 10.6 Å². The van der Waals surface area contributed by atoms with Crippen LogP contribution in [-0.2, 0) is 10.9 Å². The average Bonchev–Trinajstić information content (AvgIpc) is 2.54. The molecule has 10 heteroatoms. The van der Waals surface area contributed by atoms with Crippen molar-refractivity contribution < 1.29 is 27.5 Å². The quantitative estimate of drug-likeness (QED) is 0.248. The maximum Gasteiger partial charge on any atom is 0.418 e. The van der Waals surface area contributed by atoms with E-state index in [1.165, 1.54) is 0 Å². The summed E-state index contributed by atoms with van der Waals surface area (Å²) >= 11 is 0. The normalized spacial score (nSPS) is 11.7. The molecule has 0 fully saturated rings. The molecule has 2 amide bonds. The van der Waals surface area contributed by atoms with Crippen LogP contribution in [0.4, 0.5) is 23.7 Å². The summed E-state index contributed by atoms with van der Waals surface area (Å²) in [5, 5.41) is 5.25. The Hall–Kier alpha value is -2.49. The van der Waals surface area contributed by atoms with Crippen molar-refractivity contribution >= 4 is 17.7 Å². The van der Waals surface area contributed by atoms with Crippen LogP contribution in [0.2, 0.25) is 0 Å². The van der Waals surface area contributed by atoms with Gasteiger partial charge in [0.2, 0.25) is 0 Å². The molecule has 0 aromatic heterocycles. The molecule has 0 aliphatic heterocycles. The molecule has 0 saturated heterocycles. The lowest BCUT2D eigenvalue weighted by Crippen LogP contribution is -2.33. The number of unbranched alkanes of at least 4 members (excludes halogenated alkanes) is 1. The number of rotatable bonds is 7. The van der Waals surface area contributed by atoms with Crippen molar-refractivity contribution in [1.82, 2.24) is 10.7 Å². The molecule has 0 radical (unpaired) electrons. The van der Waals surface area contributed by atoms with Gasteiger partial charge in [-0.25, -0.2) is 10.6 Å². The van der Waals surface area contributed by atoms with E-state index in [2.05, 4.69) is 10.6 Å². The number of alkyl halides is 3. The van der Waals surface area contributed by atoms with E-state index < -0.39 is 29.3 Å². The smallest absolute Gasteiger partial charge is 0.418 e. The fourth-order valence-corrected chi connectivity index (χ4v) is 2.14. The van der Waals surface area contributed by atoms with Gasteiger partial charge in [-0.1, -0.05) is 0 Å². The second-order valence-electron chi connectivity index (χ2n) is 6.79. The Kier molecular flexibility index (Phi) is 7.89. The van der Waals surface area contributed by atoms with Crippen LogP contribution in [0.15, 0.2) is 18.2 Å². The lowest BCUT2D eigenvalue weighted by Gasteiger charge is -2.19. The molecule has 5 N–H and O–H groups in total. The second-order valence-corrected chi connectivity index (χ2v) is 6.79. The Morgan fingerprint density at radius 3 is 2.30 bits per heavy atom. The summed E-state index contributed by atoms with van der Waals surface area (Å²) in [6, 6.07) is 2.99. The van der Waals surface area contributed by atoms with Gasteiger partial charge in [-0.3, -0.25) is 10.2 Å². The molecule has 1 aromatic carbocycles. The van der Waals surface area contributed by atoms with Gasteiger partial charge in [0.25, 0.3) is 5.91 Å². The Morgan fingerprint density at radius 2 is 1.74 bits per heavy atom. The number of hydrogen-bond acceptors (Lipinski definition) is 5. The van der Waals surface area contributed by atoms with Crippen molar-refractivity contribution in [2.24, 2.45) is 5.84 Å². The van der Waals surface area contributed by atoms with Crippen molar-refractivity contribution in [3.63, 3.8) is 0 Å². The number of benzene rings is 1. The van der Waals surface area contributed by atoms with Crippen LogP contribution in [-0.4, -0.2) is 30.7 Å². The van der Waals surface area contributed by atoms with Gasteiger partial charge >= 0.3 is 12.3 Å². The Morgan fingerprint density at radius 1 is 1.11 bits per heavy atom. The summed E-state index contributed by atoms with van der Waals surface area (Å²) in [4.78, 5) is 23.0. The van der Waals surface area contributed by atoms with E-state index in [1.807, 2.05) is 5.43 Å². The molecule has 1 aromatic rings. The van der Waals surface area contributed by atoms with Gasteiger partial charge < -0.3 is 15.4 Å². The van der Waals surface area contributed by atoms with Crippen LogP contribution in [0.3, 0.4) is 0 Å². The van der Waals surface area contributed by atoms with E-state index in [0.29, 0.717) is 19.4 Å². The first-order valence-electron chi connectivity index (χ1n) is 8.37. The van der Waals surface area contributed by atoms with Crippen molar-refractivity contribution in [3.05, 3.63) is 29.3 Å². The predicted octanol–water partition coefficient (Wildman–Crippen LogP) is 3.03. The minimum atomic E-state index is -4.56. The fraction of sp³-hybridized carbons (Fsp3) is 0.529. The van der Waals surface area contributed by atoms with Crippen LogP contribution in [0.5, 0.6) is 0 Å². The van der Waals surface area contributed by atoms with Gasteiger partial charge in [0.05, 0.1) is 5.56 Å². The van der Waals surface area contributed by atoms with Crippen LogP contribution in [0, 0.1) is 0 Å². The maximum absolute atomic E-state index is 13.1. The molecule has 0 unspecified atom stereocenters. The second kappa shape index (κ2) is 9.45. The molecule has 0 saturated carbocycles. The van der Waals surface area contributed by atoms with E-state index in [1.54, 1.807) is 20.8 Å². The molecule has 1 rings (SSSR count). The largest absolute Gasteiger partial charge is 0.444 e. The third kappa shape index (κ3) is 8.16. The molecule has 7 nitrogen and oxygen atoms in total. The third-order valence-corrected chi connectivity index (χ3v) is 3.31. The predicted molar refractivity (Wildman–Crippen MR) is 95.1 cm³/mol. The molecule has 0 atom stereocenters. The Balaban J connectivity index is 2.55. The molecule has 27 heavy (non-hydrogen) atoms. The van der Waals surface area contributed by atoms with Gasteiger partial charge in [-0.15, -0.1) is 0 Å². The summed E-state index contributed by atoms with van der Waals surface area (Å²) in [6.07, 6.45) is -4.06. The zero-order valence-electron chi connectivity index (χ0n) is 15.5. The first-order chi connectivity index (χ1) is 12.4. The number of nitrogens with one attached hydrogen (secondary N) is 3. The Bertz CT molecular complexity index is 658. The van der Waals surface area contributed by atoms with Crippen LogP contribution < -0.4 is 21.9 Å². The number of carbonyl (C=O) groups excluding carboxylic acids is 2. The zero-order valence-corrected chi connectivity index (χ0v) is 15.5. The number of anilines is 1. The minimum absolute atomic E-state index is 0.0135. The third-order valence-electron chi connectivity index (χ3n) is 3.31. The van der Waals surface area contributed by atoms with Crippen molar-refractivity contribution in [2.45, 2.75) is 45.4 Å². The van der Waals surface area contributed by atoms with Crippen LogP contribution >= 0.6 is 0 Å². The molecule has 0 aliphatic carbocycles. The summed E-state index contributed by atoms with van der Waals surface area (Å²) in [6.45, 7) is 5.79. The highest BCUT2D eigenvalue weighted by atomic mass is 19.4. The topological polar surface area (TPSA) is 105 Å². The van der Waals surface area contributed by atoms with E-state index in [-0.39, 0.29) is 17.8 Å². The molecule has 152 valence electrons. The van der Waals surface area contributed by atoms with Crippen LogP contribution in [0.1, 0.15) is 49.5 Å². The molecule has 0 bridgehead atoms. The van der Waals surface area contributed by atoms with Crippen molar-refractivity contribution in [1.29, 1.82) is 0 Å². The lowest BCUT2D eigenvalue weighted by molar-refractivity contribution is -0.137. The first kappa shape index (κ1) is 22.6. The number of nitrogens with two attached hydrogens (primary N) is 1. The number of carbonyl (C=O) groups is 2. The highest BCUT2D eigenvalue weighted by molar-refractivity contribution is 5.95. The van der Waals surface area contributed by atoms with Gasteiger partial charge in [-0.05, 0) is 51.8 Å². The monoisotopic (exact) mass is 390 g/mol. The summed E-state index contributed by atoms with van der Waals surface area (Å²) in [5.41, 5.74) is 0.217. The van der Waals surface area contributed by atoms with Crippen molar-refractivity contribution in [2.75, 3.05) is 18.4 Å². The van der Waals surface area contributed by atoms with Crippen molar-refractivity contribution in [3.8, 4) is 0 Å². The minimum Gasteiger partial charge on any atom is -0.444 e. The number of hydrogen-bond donors (Lipinski definition) is 4. The van der Waals surface area contributed by atoms with Gasteiger partial charge in [0.1, 0.15) is 5.60 Å². The lowest BCUT2D eigenvalue weighted by atomic mass is 10.1. The molecular weight excluding hydrogens is 365 g/mol. The van der Waals surface area contributed by atoms with Gasteiger partial charge in [0, 0.05) is 24.3 Å². The first-order valence-corrected chi connectivity index (χ1v) is 8.37. The molecule has 0 heterocycles. The highest BCUT2D eigenvalue weighted by Crippen LogP contribution is 2.35. The fourth-order valence-electron chi connectivity index (χ4n) is 2.14. The van der Waals surface area contributed by atoms with Gasteiger partial charge in [0.15, 0.2) is 0 Å². The summed E-state index contributed by atoms with van der Waals surface area (Å²) in [5.74, 6) is 4.32. The van der Waals surface area contributed by atoms with E-state index in [9.17, 15) is 22.8 Å². The standard InChI is InChI=1S/C17H25F3N4O3/c1-16(2,3)27-15(26)23-9-5-4-8-22-13-10-11(14(25)24-21)6-7-12(13)17(18,19)20/h6-7,10,22H,4-5,8-9,21H2,1-3H3,(H,23,26)(H,24,25). The number of alkyl carbamates (subject to hydrolysis) is 1. The van der Waals surface area contributed by atoms with Crippen LogP contribution in [0.25, 0.3) is 0 Å². The summed E-state index contributed by atoms with van der Waals surface area (Å²) in [7, 11) is 0. The molecule has 0 spiro atoms. The zero-order chi connectivity index (χ0) is 20.7. The number of ether oxygens (including phenoxy) is 1. The number of hydrazine groups is 1. The highest BCUT2D eigenvalue weighted by Gasteiger charge is 2.33. The van der Waals surface area contributed by atoms with Gasteiger partial charge in [-0.2, -0.15) is 13.2 Å². The maximum atomic E-state index is 13.1. The number of amides is 2. The van der Waals surface area contributed by atoms with E-state index in [0.717, 1.165) is 18.2 Å². The average molecular weight is 390 g/mol. The van der Waals surface area contributed by atoms with E-state index >= 15 is 0 Å². The molecular formula is C17H25F3N4O3.